The van der Waals surface area contributed by atoms with Crippen LogP contribution in [0.15, 0.2) is 65.2 Å². The molecule has 0 spiro atoms. The van der Waals surface area contributed by atoms with Crippen LogP contribution in [0.2, 0.25) is 0 Å². The van der Waals surface area contributed by atoms with E-state index in [0.717, 1.165) is 10.0 Å². The number of rotatable bonds is 1. The molecule has 1 atom stereocenters. The van der Waals surface area contributed by atoms with E-state index in [0.29, 0.717) is 16.9 Å². The van der Waals surface area contributed by atoms with Crippen molar-refractivity contribution in [3.05, 3.63) is 76.3 Å². The zero-order valence-corrected chi connectivity index (χ0v) is 11.7. The molecule has 1 heterocycles. The minimum Gasteiger partial charge on any atom is -0.480 e. The van der Waals surface area contributed by atoms with E-state index in [9.17, 15) is 4.79 Å². The van der Waals surface area contributed by atoms with Gasteiger partial charge in [0.05, 0.1) is 5.56 Å². The molecule has 2 aromatic carbocycles. The molecule has 3 rings (SSSR count). The van der Waals surface area contributed by atoms with Gasteiger partial charge in [0, 0.05) is 10.0 Å². The predicted molar refractivity (Wildman–Crippen MR) is 77.4 cm³/mol. The Balaban J connectivity index is 2.07. The van der Waals surface area contributed by atoms with E-state index in [1.54, 1.807) is 12.1 Å². The molecule has 0 amide bonds. The van der Waals surface area contributed by atoms with Crippen LogP contribution in [0.4, 0.5) is 0 Å². The zero-order valence-electron chi connectivity index (χ0n) is 10.1. The summed E-state index contributed by atoms with van der Waals surface area (Å²) >= 11 is 3.36. The van der Waals surface area contributed by atoms with Gasteiger partial charge in [-0.1, -0.05) is 52.8 Å². The van der Waals surface area contributed by atoms with Crippen molar-refractivity contribution in [1.29, 1.82) is 0 Å². The first kappa shape index (κ1) is 12.2. The van der Waals surface area contributed by atoms with E-state index >= 15 is 0 Å². The molecule has 2 aromatic rings. The Labute approximate surface area is 119 Å². The molecule has 0 aliphatic carbocycles. The summed E-state index contributed by atoms with van der Waals surface area (Å²) in [4.78, 5) is 12.4. The summed E-state index contributed by atoms with van der Waals surface area (Å²) < 4.78 is 6.77. The average molecular weight is 315 g/mol. The third-order valence-electron chi connectivity index (χ3n) is 3.14. The Morgan fingerprint density at radius 1 is 1.11 bits per heavy atom. The van der Waals surface area contributed by atoms with Gasteiger partial charge in [-0.25, -0.2) is 0 Å². The fourth-order valence-corrected chi connectivity index (χ4v) is 2.53. The average Bonchev–Trinajstić information content (AvgIpc) is 2.44. The van der Waals surface area contributed by atoms with E-state index in [1.807, 2.05) is 36.4 Å². The van der Waals surface area contributed by atoms with Gasteiger partial charge in [0.15, 0.2) is 11.9 Å². The van der Waals surface area contributed by atoms with Crippen molar-refractivity contribution < 1.29 is 9.53 Å². The molecule has 0 bridgehead atoms. The van der Waals surface area contributed by atoms with Crippen molar-refractivity contribution in [2.45, 2.75) is 6.10 Å². The Morgan fingerprint density at radius 3 is 2.58 bits per heavy atom. The molecule has 0 radical (unpaired) electrons. The highest BCUT2D eigenvalue weighted by molar-refractivity contribution is 9.10. The van der Waals surface area contributed by atoms with Crippen molar-refractivity contribution in [2.24, 2.45) is 0 Å². The number of carbonyl (C=O) groups is 1. The Morgan fingerprint density at radius 2 is 1.84 bits per heavy atom. The van der Waals surface area contributed by atoms with Crippen molar-refractivity contribution in [2.75, 3.05) is 0 Å². The summed E-state index contributed by atoms with van der Waals surface area (Å²) in [7, 11) is 0. The number of fused-ring (bicyclic) bond motifs is 1. The van der Waals surface area contributed by atoms with Crippen LogP contribution in [0, 0.1) is 0 Å². The smallest absolute Gasteiger partial charge is 0.196 e. The standard InChI is InChI=1S/C16H11BrO2/c1-10-15(18)13-9-12(17)7-8-14(13)19-16(10)11-5-3-2-4-6-11/h2-9,16H,1H2. The van der Waals surface area contributed by atoms with E-state index < -0.39 is 6.10 Å². The van der Waals surface area contributed by atoms with Gasteiger partial charge in [-0.15, -0.1) is 0 Å². The molecular formula is C16H11BrO2. The number of ether oxygens (including phenoxy) is 1. The van der Waals surface area contributed by atoms with Gasteiger partial charge in [-0.3, -0.25) is 4.79 Å². The van der Waals surface area contributed by atoms with E-state index in [1.165, 1.54) is 0 Å². The number of halogens is 1. The van der Waals surface area contributed by atoms with Crippen LogP contribution in [0.5, 0.6) is 5.75 Å². The van der Waals surface area contributed by atoms with Crippen molar-refractivity contribution in [3.63, 3.8) is 0 Å². The molecule has 0 saturated carbocycles. The van der Waals surface area contributed by atoms with Gasteiger partial charge >= 0.3 is 0 Å². The van der Waals surface area contributed by atoms with Crippen molar-refractivity contribution in [1.82, 2.24) is 0 Å². The van der Waals surface area contributed by atoms with Crippen LogP contribution >= 0.6 is 15.9 Å². The topological polar surface area (TPSA) is 26.3 Å². The van der Waals surface area contributed by atoms with Gasteiger partial charge < -0.3 is 4.74 Å². The van der Waals surface area contributed by atoms with Gasteiger partial charge in [0.2, 0.25) is 0 Å². The molecule has 1 aliphatic heterocycles. The van der Waals surface area contributed by atoms with E-state index in [-0.39, 0.29) is 5.78 Å². The lowest BCUT2D eigenvalue weighted by atomic mass is 9.92. The number of carbonyl (C=O) groups excluding carboxylic acids is 1. The molecule has 0 fully saturated rings. The Bertz CT molecular complexity index is 662. The number of Topliss-reactive ketones (excluding diaryl/α,β-unsaturated/α-hetero) is 1. The summed E-state index contributed by atoms with van der Waals surface area (Å²) in [5.41, 5.74) is 1.97. The predicted octanol–water partition coefficient (Wildman–Crippen LogP) is 4.32. The van der Waals surface area contributed by atoms with E-state index in [2.05, 4.69) is 22.5 Å². The van der Waals surface area contributed by atoms with Crippen molar-refractivity contribution >= 4 is 21.7 Å². The zero-order chi connectivity index (χ0) is 13.4. The lowest BCUT2D eigenvalue weighted by Gasteiger charge is -2.27. The second-order valence-electron chi connectivity index (χ2n) is 4.40. The second kappa shape index (κ2) is 4.67. The van der Waals surface area contributed by atoms with Crippen LogP contribution in [0.1, 0.15) is 22.0 Å². The lowest BCUT2D eigenvalue weighted by molar-refractivity contribution is 0.0962. The number of benzene rings is 2. The first-order valence-electron chi connectivity index (χ1n) is 5.91. The SMILES string of the molecule is C=C1C(=O)c2cc(Br)ccc2OC1c1ccccc1. The number of hydrogen-bond acceptors (Lipinski definition) is 2. The van der Waals surface area contributed by atoms with Crippen LogP contribution in [0.25, 0.3) is 0 Å². The molecule has 1 unspecified atom stereocenters. The fourth-order valence-electron chi connectivity index (χ4n) is 2.17. The fraction of sp³-hybridized carbons (Fsp3) is 0.0625. The molecule has 0 saturated heterocycles. The Hall–Kier alpha value is -1.87. The lowest BCUT2D eigenvalue weighted by Crippen LogP contribution is -2.23. The first-order chi connectivity index (χ1) is 9.16. The monoisotopic (exact) mass is 314 g/mol. The van der Waals surface area contributed by atoms with Gasteiger partial charge in [0.25, 0.3) is 0 Å². The minimum absolute atomic E-state index is 0.0589. The third kappa shape index (κ3) is 2.10. The maximum Gasteiger partial charge on any atom is 0.196 e. The molecule has 0 N–H and O–H groups in total. The number of hydrogen-bond donors (Lipinski definition) is 0. The minimum atomic E-state index is -0.401. The Kier molecular flexibility index (Phi) is 2.99. The van der Waals surface area contributed by atoms with Crippen LogP contribution in [0.3, 0.4) is 0 Å². The summed E-state index contributed by atoms with van der Waals surface area (Å²) in [6.07, 6.45) is -0.401. The van der Waals surface area contributed by atoms with Crippen LogP contribution < -0.4 is 4.74 Å². The highest BCUT2D eigenvalue weighted by atomic mass is 79.9. The molecule has 19 heavy (non-hydrogen) atoms. The number of ketones is 1. The van der Waals surface area contributed by atoms with Crippen LogP contribution in [-0.2, 0) is 0 Å². The molecule has 3 heteroatoms. The third-order valence-corrected chi connectivity index (χ3v) is 3.63. The second-order valence-corrected chi connectivity index (χ2v) is 5.32. The normalized spacial score (nSPS) is 17.8. The summed E-state index contributed by atoms with van der Waals surface area (Å²) in [5, 5.41) is 0. The maximum atomic E-state index is 12.4. The highest BCUT2D eigenvalue weighted by Crippen LogP contribution is 2.38. The van der Waals surface area contributed by atoms with Gasteiger partial charge in [-0.05, 0) is 23.8 Å². The largest absolute Gasteiger partial charge is 0.480 e. The summed E-state index contributed by atoms with van der Waals surface area (Å²) in [6, 6.07) is 15.1. The first-order valence-corrected chi connectivity index (χ1v) is 6.71. The van der Waals surface area contributed by atoms with Crippen molar-refractivity contribution in [3.8, 4) is 5.75 Å². The van der Waals surface area contributed by atoms with Gasteiger partial charge in [0.1, 0.15) is 5.75 Å². The molecule has 1 aliphatic rings. The summed E-state index contributed by atoms with van der Waals surface area (Å²) in [5.74, 6) is 0.547. The quantitative estimate of drug-likeness (QED) is 0.733. The maximum absolute atomic E-state index is 12.4. The molecule has 94 valence electrons. The van der Waals surface area contributed by atoms with Gasteiger partial charge in [-0.2, -0.15) is 0 Å². The highest BCUT2D eigenvalue weighted by Gasteiger charge is 2.31. The molecular weight excluding hydrogens is 304 g/mol. The van der Waals surface area contributed by atoms with Crippen LogP contribution in [-0.4, -0.2) is 5.78 Å². The van der Waals surface area contributed by atoms with E-state index in [4.69, 9.17) is 4.74 Å². The molecule has 0 aromatic heterocycles. The molecule has 2 nitrogen and oxygen atoms in total. The summed E-state index contributed by atoms with van der Waals surface area (Å²) in [6.45, 7) is 3.89.